The van der Waals surface area contributed by atoms with Crippen LogP contribution in [0, 0.1) is 0 Å². The van der Waals surface area contributed by atoms with E-state index in [4.69, 9.17) is 7.06 Å². The molecule has 2 amide bonds. The first-order chi connectivity index (χ1) is 8.03. The summed E-state index contributed by atoms with van der Waals surface area (Å²) in [5.74, 6) is -3.95. The second-order valence-electron chi connectivity index (χ2n) is 1.95. The van der Waals surface area contributed by atoms with E-state index >= 15 is 0 Å². The minimum absolute atomic E-state index is 0.00828. The van der Waals surface area contributed by atoms with Gasteiger partial charge in [-0.3, -0.25) is 9.59 Å². The predicted molar refractivity (Wildman–Crippen MR) is 38.8 cm³/mol. The second-order valence-corrected chi connectivity index (χ2v) is 1.95. The van der Waals surface area contributed by atoms with Crippen LogP contribution in [0.15, 0.2) is 0 Å². The van der Waals surface area contributed by atoms with E-state index in [0.717, 1.165) is 0 Å². The van der Waals surface area contributed by atoms with Crippen LogP contribution >= 0.6 is 0 Å². The molecule has 5 N–H and O–H groups in total. The van der Waals surface area contributed by atoms with Crippen LogP contribution in [0.4, 0.5) is 0 Å². The molecule has 0 unspecified atom stereocenters. The van der Waals surface area contributed by atoms with Crippen molar-refractivity contribution in [2.75, 3.05) is 19.6 Å². The molecule has 0 saturated heterocycles. The molecule has 7 heteroatoms. The number of aliphatic carboxylic acids is 1. The minimum atomic E-state index is -1.95. The van der Waals surface area contributed by atoms with Crippen molar-refractivity contribution in [3.63, 3.8) is 0 Å². The average molecular weight is 194 g/mol. The SMILES string of the molecule is [2H]N(CC(=O)[O-])C(=O)CN([2H])C(=O)C[N+]([2H])([2H])[2H]. The number of carboxylic acid groups (broad SMARTS) is 1. The van der Waals surface area contributed by atoms with Gasteiger partial charge in [0, 0.05) is 0 Å². The predicted octanol–water partition coefficient (Wildman–Crippen LogP) is -4.79. The van der Waals surface area contributed by atoms with Crippen molar-refractivity contribution in [2.45, 2.75) is 0 Å². The Bertz CT molecular complexity index is 347. The Morgan fingerprint density at radius 2 is 1.92 bits per heavy atom. The number of hydrogen-bond donors (Lipinski definition) is 3. The number of carbonyl (C=O) groups is 3. The molecule has 0 aromatic heterocycles. The maximum Gasteiger partial charge on any atom is 0.344 e. The van der Waals surface area contributed by atoms with Gasteiger partial charge in [0.15, 0.2) is 9.37 Å². The van der Waals surface area contributed by atoms with Crippen molar-refractivity contribution in [2.24, 2.45) is 0 Å². The van der Waals surface area contributed by atoms with Crippen molar-refractivity contribution in [1.82, 2.24) is 10.6 Å². The Kier molecular flexibility index (Phi) is 2.37. The second kappa shape index (κ2) is 5.95. The number of nitrogens with one attached hydrogen (secondary N) is 2. The fourth-order valence-electron chi connectivity index (χ4n) is 0.409. The van der Waals surface area contributed by atoms with Crippen LogP contribution in [0.2, 0.25) is 7.06 Å². The van der Waals surface area contributed by atoms with Gasteiger partial charge in [-0.15, -0.1) is 0 Å². The number of hydrogen-bond acceptors (Lipinski definition) is 4. The summed E-state index contributed by atoms with van der Waals surface area (Å²) >= 11 is 0. The lowest BCUT2D eigenvalue weighted by molar-refractivity contribution is -0.355. The van der Waals surface area contributed by atoms with Gasteiger partial charge in [0.1, 0.15) is 0 Å². The Labute approximate surface area is 81.6 Å². The van der Waals surface area contributed by atoms with E-state index in [-0.39, 0.29) is 10.6 Å². The topological polar surface area (TPSA) is 126 Å². The van der Waals surface area contributed by atoms with Crippen molar-refractivity contribution in [3.8, 4) is 0 Å². The lowest BCUT2D eigenvalue weighted by atomic mass is 10.5. The molecule has 0 aliphatic heterocycles. The summed E-state index contributed by atoms with van der Waals surface area (Å²) in [6.07, 6.45) is 0. The third-order valence-electron chi connectivity index (χ3n) is 0.910. The third kappa shape index (κ3) is 6.76. The zero-order chi connectivity index (χ0) is 14.5. The Morgan fingerprint density at radius 1 is 1.31 bits per heavy atom. The third-order valence-corrected chi connectivity index (χ3v) is 0.910. The van der Waals surface area contributed by atoms with Crippen LogP contribution in [0.1, 0.15) is 0 Å². The Morgan fingerprint density at radius 3 is 2.46 bits per heavy atom. The van der Waals surface area contributed by atoms with Crippen LogP contribution in [-0.2, 0) is 14.4 Å². The molecule has 0 aliphatic rings. The summed E-state index contributed by atoms with van der Waals surface area (Å²) in [5.41, 5.74) is -1.95. The molecule has 13 heavy (non-hydrogen) atoms. The maximum absolute atomic E-state index is 11.1. The van der Waals surface area contributed by atoms with Gasteiger partial charge in [-0.05, 0) is 0 Å². The molecule has 0 atom stereocenters. The molecule has 74 valence electrons. The van der Waals surface area contributed by atoms with Gasteiger partial charge in [-0.25, -0.2) is 0 Å². The monoisotopic (exact) mass is 194 g/mol. The summed E-state index contributed by atoms with van der Waals surface area (Å²) in [6, 6.07) is 0. The normalized spacial score (nSPS) is 15.5. The molecule has 0 aromatic rings. The molecule has 0 radical (unpaired) electrons. The van der Waals surface area contributed by atoms with Gasteiger partial charge in [-0.2, -0.15) is 0 Å². The smallest absolute Gasteiger partial charge is 0.344 e. The van der Waals surface area contributed by atoms with Crippen molar-refractivity contribution in [1.29, 1.82) is 0 Å². The molecule has 0 bridgehead atoms. The number of quaternary nitrogens is 1. The number of rotatable bonds is 6. The number of amides is 2. The Hall–Kier alpha value is -1.63. The Balaban J connectivity index is 4.31. The van der Waals surface area contributed by atoms with E-state index < -0.39 is 43.1 Å². The molecule has 7 nitrogen and oxygen atoms in total. The van der Waals surface area contributed by atoms with Gasteiger partial charge in [0.25, 0.3) is 5.91 Å². The molecular weight excluding hydrogens is 178 g/mol. The molecule has 0 rings (SSSR count). The fourth-order valence-corrected chi connectivity index (χ4v) is 0.409. The summed E-state index contributed by atoms with van der Waals surface area (Å²) < 4.78 is 34.3. The summed E-state index contributed by atoms with van der Waals surface area (Å²) in [7, 11) is 0. The summed E-state index contributed by atoms with van der Waals surface area (Å²) in [5, 5.41) is 10.2. The highest BCUT2D eigenvalue weighted by atomic mass is 16.4. The molecule has 0 aliphatic carbocycles. The first-order valence-corrected chi connectivity index (χ1v) is 3.27. The van der Waals surface area contributed by atoms with E-state index in [1.54, 1.807) is 0 Å². The van der Waals surface area contributed by atoms with E-state index in [0.29, 0.717) is 0 Å². The zero-order valence-corrected chi connectivity index (χ0v) is 6.60. The van der Waals surface area contributed by atoms with E-state index in [2.05, 4.69) is 0 Å². The van der Waals surface area contributed by atoms with Crippen LogP contribution < -0.4 is 21.4 Å². The zero-order valence-electron chi connectivity index (χ0n) is 11.6. The van der Waals surface area contributed by atoms with Gasteiger partial charge in [0.05, 0.1) is 19.1 Å². The first-order valence-electron chi connectivity index (χ1n) is 5.51. The van der Waals surface area contributed by atoms with Crippen LogP contribution in [0.25, 0.3) is 0 Å². The van der Waals surface area contributed by atoms with Gasteiger partial charge in [-0.1, -0.05) is 0 Å². The van der Waals surface area contributed by atoms with Gasteiger partial charge in [0.2, 0.25) is 5.91 Å². The highest BCUT2D eigenvalue weighted by Crippen LogP contribution is 1.64. The highest BCUT2D eigenvalue weighted by molar-refractivity contribution is 5.86. The molecule has 0 aromatic carbocycles. The molecular formula is C6H11N3O4. The quantitative estimate of drug-likeness (QED) is 0.392. The van der Waals surface area contributed by atoms with E-state index in [9.17, 15) is 19.5 Å². The van der Waals surface area contributed by atoms with Crippen molar-refractivity contribution >= 4 is 17.8 Å². The summed E-state index contributed by atoms with van der Waals surface area (Å²) in [6.45, 7) is -2.89. The van der Waals surface area contributed by atoms with Crippen molar-refractivity contribution < 1.29 is 32.3 Å². The van der Waals surface area contributed by atoms with E-state index in [1.807, 2.05) is 0 Å². The standard InChI is InChI=1S/C6H11N3O4/c7-1-4(10)8-2-5(11)9-3-6(12)13/h1-3,7H2,(H,8,10)(H,9,11)(H,12,13)/i/hD5. The molecule has 0 saturated carbocycles. The maximum atomic E-state index is 11.1. The summed E-state index contributed by atoms with van der Waals surface area (Å²) in [4.78, 5) is 32.4. The number of carbonyl (C=O) groups excluding carboxylic acids is 3. The highest BCUT2D eigenvalue weighted by Gasteiger charge is 2.03. The molecule has 0 spiro atoms. The lowest BCUT2D eigenvalue weighted by Crippen LogP contribution is -2.58. The fraction of sp³-hybridized carbons (Fsp3) is 0.500. The van der Waals surface area contributed by atoms with Gasteiger partial charge < -0.3 is 26.2 Å². The minimum Gasteiger partial charge on any atom is -0.548 e. The van der Waals surface area contributed by atoms with Crippen LogP contribution in [-0.4, -0.2) is 37.4 Å². The lowest BCUT2D eigenvalue weighted by Gasteiger charge is -2.05. The van der Waals surface area contributed by atoms with Gasteiger partial charge >= 0.3 is 4.24 Å². The average Bonchev–Trinajstić information content (AvgIpc) is 2.13. The van der Waals surface area contributed by atoms with Crippen LogP contribution in [0.3, 0.4) is 0 Å². The number of carboxylic acids is 1. The first kappa shape index (κ1) is 5.18. The van der Waals surface area contributed by atoms with E-state index in [1.165, 1.54) is 0 Å². The van der Waals surface area contributed by atoms with Crippen LogP contribution in [0.5, 0.6) is 0 Å². The molecule has 0 heterocycles. The largest absolute Gasteiger partial charge is 0.548 e. The van der Waals surface area contributed by atoms with Crippen molar-refractivity contribution in [3.05, 3.63) is 0 Å². The molecule has 0 fully saturated rings.